The largest absolute Gasteiger partial charge is 0.321 e. The summed E-state index contributed by atoms with van der Waals surface area (Å²) in [5, 5.41) is 5.68. The van der Waals surface area contributed by atoms with Gasteiger partial charge in [0, 0.05) is 24.6 Å². The summed E-state index contributed by atoms with van der Waals surface area (Å²) in [5.74, 6) is 1.09. The summed E-state index contributed by atoms with van der Waals surface area (Å²) in [6.45, 7) is 4.67. The second kappa shape index (κ2) is 4.41. The van der Waals surface area contributed by atoms with Gasteiger partial charge in [-0.3, -0.25) is 9.80 Å². The minimum atomic E-state index is -0.785. The Morgan fingerprint density at radius 1 is 1.00 bits per heavy atom. The van der Waals surface area contributed by atoms with Crippen LogP contribution in [-0.2, 0) is 0 Å². The Morgan fingerprint density at radius 3 is 1.72 bits per heavy atom. The molecule has 0 aromatic carbocycles. The number of amides is 4. The molecule has 8 heteroatoms. The van der Waals surface area contributed by atoms with E-state index in [0.29, 0.717) is 24.6 Å². The van der Waals surface area contributed by atoms with Gasteiger partial charge in [-0.1, -0.05) is 0 Å². The number of carbonyl (C=O) groups excluding carboxylic acids is 2. The van der Waals surface area contributed by atoms with E-state index in [1.807, 2.05) is 13.8 Å². The number of nitrogens with zero attached hydrogens (tertiary/aromatic N) is 2. The van der Waals surface area contributed by atoms with Crippen molar-refractivity contribution in [3.05, 3.63) is 0 Å². The van der Waals surface area contributed by atoms with Crippen molar-refractivity contribution in [1.82, 2.24) is 20.4 Å². The van der Waals surface area contributed by atoms with Crippen LogP contribution in [0.15, 0.2) is 0 Å². The molecule has 6 nitrogen and oxygen atoms in total. The fourth-order valence-electron chi connectivity index (χ4n) is 2.75. The Balaban J connectivity index is 2.41. The normalized spacial score (nSPS) is 34.7. The molecule has 0 saturated carbocycles. The molecule has 0 unspecified atom stereocenters. The highest BCUT2D eigenvalue weighted by Crippen LogP contribution is 2.40. The summed E-state index contributed by atoms with van der Waals surface area (Å²) in [7, 11) is 0. The van der Waals surface area contributed by atoms with Crippen molar-refractivity contribution in [3.63, 3.8) is 0 Å². The van der Waals surface area contributed by atoms with Gasteiger partial charge in [0.25, 0.3) is 0 Å². The molecule has 0 bridgehead atoms. The maximum Gasteiger partial charge on any atom is 0.321 e. The highest BCUT2D eigenvalue weighted by atomic mass is 32.1. The lowest BCUT2D eigenvalue weighted by Gasteiger charge is -2.42. The van der Waals surface area contributed by atoms with Gasteiger partial charge in [0.05, 0.1) is 0 Å². The Bertz CT molecular complexity index is 362. The van der Waals surface area contributed by atoms with Crippen LogP contribution in [0, 0.1) is 0 Å². The van der Waals surface area contributed by atoms with Crippen molar-refractivity contribution in [2.75, 3.05) is 24.6 Å². The quantitative estimate of drug-likeness (QED) is 0.564. The van der Waals surface area contributed by atoms with Crippen LogP contribution >= 0.6 is 25.3 Å². The molecule has 0 atom stereocenters. The molecule has 2 aliphatic heterocycles. The molecule has 102 valence electrons. The Kier molecular flexibility index (Phi) is 3.35. The Morgan fingerprint density at radius 2 is 1.39 bits per heavy atom. The molecule has 0 radical (unpaired) electrons. The summed E-state index contributed by atoms with van der Waals surface area (Å²) in [5.41, 5.74) is -1.51. The zero-order valence-electron chi connectivity index (χ0n) is 10.4. The third-order valence-electron chi connectivity index (χ3n) is 3.85. The SMILES string of the molecule is CC12NC(=O)N(CCS)C1(C)N(CCS)C(=O)N2. The average Bonchev–Trinajstić information content (AvgIpc) is 2.58. The summed E-state index contributed by atoms with van der Waals surface area (Å²) < 4.78 is 0. The Hall–Kier alpha value is -0.760. The molecule has 0 aliphatic carbocycles. The van der Waals surface area contributed by atoms with Crippen LogP contribution in [0.1, 0.15) is 13.8 Å². The summed E-state index contributed by atoms with van der Waals surface area (Å²) in [6.07, 6.45) is 0. The number of fused-ring (bicyclic) bond motifs is 1. The van der Waals surface area contributed by atoms with Crippen molar-refractivity contribution in [1.29, 1.82) is 0 Å². The third kappa shape index (κ3) is 1.58. The molecular weight excluding hydrogens is 272 g/mol. The predicted molar refractivity (Wildman–Crippen MR) is 75.0 cm³/mol. The van der Waals surface area contributed by atoms with Crippen LogP contribution in [0.4, 0.5) is 9.59 Å². The molecule has 0 aromatic heterocycles. The van der Waals surface area contributed by atoms with E-state index < -0.39 is 11.3 Å². The minimum Gasteiger partial charge on any atom is -0.311 e. The van der Waals surface area contributed by atoms with Crippen molar-refractivity contribution < 1.29 is 9.59 Å². The fourth-order valence-corrected chi connectivity index (χ4v) is 3.15. The number of hydrogen-bond donors (Lipinski definition) is 4. The molecule has 0 aromatic rings. The van der Waals surface area contributed by atoms with E-state index >= 15 is 0 Å². The maximum absolute atomic E-state index is 12.0. The van der Waals surface area contributed by atoms with E-state index in [0.717, 1.165) is 0 Å². The van der Waals surface area contributed by atoms with Gasteiger partial charge in [-0.15, -0.1) is 0 Å². The second-order valence-corrected chi connectivity index (χ2v) is 5.65. The topological polar surface area (TPSA) is 64.7 Å². The molecule has 2 fully saturated rings. The third-order valence-corrected chi connectivity index (χ3v) is 4.25. The maximum atomic E-state index is 12.0. The molecule has 2 N–H and O–H groups in total. The monoisotopic (exact) mass is 290 g/mol. The highest BCUT2D eigenvalue weighted by molar-refractivity contribution is 7.80. The van der Waals surface area contributed by atoms with Crippen molar-refractivity contribution >= 4 is 37.3 Å². The molecule has 2 heterocycles. The first-order chi connectivity index (χ1) is 8.40. The highest BCUT2D eigenvalue weighted by Gasteiger charge is 2.66. The molecular formula is C10H18N4O2S2. The van der Waals surface area contributed by atoms with E-state index in [-0.39, 0.29) is 12.1 Å². The van der Waals surface area contributed by atoms with Gasteiger partial charge in [-0.25, -0.2) is 9.59 Å². The number of carbonyl (C=O) groups is 2. The molecule has 2 rings (SSSR count). The first-order valence-corrected chi connectivity index (χ1v) is 7.08. The van der Waals surface area contributed by atoms with Gasteiger partial charge in [0.1, 0.15) is 0 Å². The fraction of sp³-hybridized carbons (Fsp3) is 0.800. The van der Waals surface area contributed by atoms with Gasteiger partial charge in [-0.2, -0.15) is 25.3 Å². The second-order valence-electron chi connectivity index (χ2n) is 4.76. The Labute approximate surface area is 117 Å². The molecule has 2 aliphatic rings. The predicted octanol–water partition coefficient (Wildman–Crippen LogP) is 0.329. The molecule has 2 saturated heterocycles. The smallest absolute Gasteiger partial charge is 0.311 e. The van der Waals surface area contributed by atoms with Crippen LogP contribution in [0.25, 0.3) is 0 Å². The van der Waals surface area contributed by atoms with Crippen LogP contribution in [0.2, 0.25) is 0 Å². The summed E-state index contributed by atoms with van der Waals surface area (Å²) in [4.78, 5) is 27.4. The van der Waals surface area contributed by atoms with Crippen molar-refractivity contribution in [2.24, 2.45) is 0 Å². The first-order valence-electron chi connectivity index (χ1n) is 5.82. The van der Waals surface area contributed by atoms with Crippen LogP contribution in [0.3, 0.4) is 0 Å². The van der Waals surface area contributed by atoms with Gasteiger partial charge < -0.3 is 10.6 Å². The van der Waals surface area contributed by atoms with Crippen molar-refractivity contribution in [3.8, 4) is 0 Å². The van der Waals surface area contributed by atoms with E-state index in [9.17, 15) is 9.59 Å². The van der Waals surface area contributed by atoms with Crippen LogP contribution < -0.4 is 10.6 Å². The zero-order valence-corrected chi connectivity index (χ0v) is 12.2. The molecule has 18 heavy (non-hydrogen) atoms. The van der Waals surface area contributed by atoms with Crippen molar-refractivity contribution in [2.45, 2.75) is 25.2 Å². The average molecular weight is 290 g/mol. The van der Waals surface area contributed by atoms with E-state index in [1.54, 1.807) is 9.80 Å². The minimum absolute atomic E-state index is 0.182. The van der Waals surface area contributed by atoms with Gasteiger partial charge in [0.15, 0.2) is 11.3 Å². The van der Waals surface area contributed by atoms with E-state index in [1.165, 1.54) is 0 Å². The lowest BCUT2D eigenvalue weighted by Crippen LogP contribution is -2.64. The number of hydrogen-bond acceptors (Lipinski definition) is 4. The number of thiol groups is 2. The standard InChI is InChI=1S/C10H18N4O2S2/c1-9-10(2,13(3-5-17)7(15)11-9)14(4-6-18)8(16)12-9/h17-18H,3-6H2,1-2H3,(H,11,15)(H,12,16). The molecule has 4 amide bonds. The van der Waals surface area contributed by atoms with Gasteiger partial charge >= 0.3 is 12.1 Å². The number of rotatable bonds is 4. The number of nitrogens with one attached hydrogen (secondary N) is 2. The van der Waals surface area contributed by atoms with Crippen LogP contribution in [-0.4, -0.2) is 57.8 Å². The van der Waals surface area contributed by atoms with Gasteiger partial charge in [0.2, 0.25) is 0 Å². The zero-order chi connectivity index (χ0) is 13.6. The summed E-state index contributed by atoms with van der Waals surface area (Å²) in [6, 6.07) is -0.364. The number of urea groups is 2. The summed E-state index contributed by atoms with van der Waals surface area (Å²) >= 11 is 8.35. The van der Waals surface area contributed by atoms with Crippen LogP contribution in [0.5, 0.6) is 0 Å². The van der Waals surface area contributed by atoms with E-state index in [4.69, 9.17) is 0 Å². The lowest BCUT2D eigenvalue weighted by molar-refractivity contribution is 0.0247. The lowest BCUT2D eigenvalue weighted by atomic mass is 9.97. The first kappa shape index (κ1) is 13.7. The molecule has 0 spiro atoms. The van der Waals surface area contributed by atoms with E-state index in [2.05, 4.69) is 35.9 Å². The van der Waals surface area contributed by atoms with Gasteiger partial charge in [-0.05, 0) is 13.8 Å².